The van der Waals surface area contributed by atoms with Crippen molar-refractivity contribution in [3.8, 4) is 11.1 Å². The summed E-state index contributed by atoms with van der Waals surface area (Å²) in [6, 6.07) is 32.1. The summed E-state index contributed by atoms with van der Waals surface area (Å²) in [6.07, 6.45) is 0. The number of benzene rings is 5. The number of rotatable bonds is 11. The lowest BCUT2D eigenvalue weighted by Crippen LogP contribution is -2.28. The van der Waals surface area contributed by atoms with Crippen molar-refractivity contribution in [2.75, 3.05) is 11.9 Å². The number of fused-ring (bicyclic) bond motifs is 1. The summed E-state index contributed by atoms with van der Waals surface area (Å²) in [5, 5.41) is 15.1. The Morgan fingerprint density at radius 3 is 2.02 bits per heavy atom. The van der Waals surface area contributed by atoms with Crippen LogP contribution in [-0.2, 0) is 11.4 Å². The number of anilines is 1. The maximum absolute atomic E-state index is 13.8. The monoisotopic (exact) mass is 613 g/mol. The summed E-state index contributed by atoms with van der Waals surface area (Å²) >= 11 is 0. The Balaban J connectivity index is 1.55. The first-order valence-corrected chi connectivity index (χ1v) is 14.9. The summed E-state index contributed by atoms with van der Waals surface area (Å²) in [6.45, 7) is 4.61. The molecule has 3 amide bonds. The van der Waals surface area contributed by atoms with Gasteiger partial charge in [-0.1, -0.05) is 74.5 Å². The quantitative estimate of drug-likeness (QED) is 0.0675. The van der Waals surface area contributed by atoms with Crippen LogP contribution in [0.5, 0.6) is 0 Å². The Hall–Kier alpha value is -5.80. The average molecular weight is 614 g/mol. The van der Waals surface area contributed by atoms with E-state index in [4.69, 9.17) is 16.0 Å². The lowest BCUT2D eigenvalue weighted by molar-refractivity contribution is 0.0234. The molecule has 0 saturated carbocycles. The summed E-state index contributed by atoms with van der Waals surface area (Å²) in [4.78, 5) is 46.1. The molecule has 0 aromatic heterocycles. The standard InChI is InChI=1S/C37H35N5O4/c1-23(2)21-40-35(43)28-14-17-30(32(20-28)37(45)42-46-22-24-8-4-3-5-9-24)31-18-26-10-6-7-11-27(26)19-33(31)36(44)41-29-15-12-25(13-16-29)34(38)39/h3-20,23H,21-22H2,1-2H3,(H3,38,39)(H,40,43)(H,41,44)(H,42,45). The van der Waals surface area contributed by atoms with Crippen LogP contribution in [0.1, 0.15) is 56.0 Å². The third-order valence-corrected chi connectivity index (χ3v) is 7.32. The zero-order valence-corrected chi connectivity index (χ0v) is 25.6. The summed E-state index contributed by atoms with van der Waals surface area (Å²) < 4.78 is 0. The Morgan fingerprint density at radius 2 is 1.35 bits per heavy atom. The van der Waals surface area contributed by atoms with E-state index in [0.717, 1.165) is 16.3 Å². The zero-order valence-electron chi connectivity index (χ0n) is 25.6. The average Bonchev–Trinajstić information content (AvgIpc) is 3.07. The minimum absolute atomic E-state index is 0.0745. The van der Waals surface area contributed by atoms with E-state index < -0.39 is 11.8 Å². The van der Waals surface area contributed by atoms with Crippen LogP contribution >= 0.6 is 0 Å². The fourth-order valence-electron chi connectivity index (χ4n) is 4.90. The number of hydrogen-bond acceptors (Lipinski definition) is 5. The van der Waals surface area contributed by atoms with Crippen molar-refractivity contribution in [2.24, 2.45) is 11.7 Å². The van der Waals surface area contributed by atoms with E-state index >= 15 is 0 Å². The van der Waals surface area contributed by atoms with Crippen LogP contribution in [0.15, 0.2) is 109 Å². The molecule has 0 aliphatic carbocycles. The van der Waals surface area contributed by atoms with E-state index in [9.17, 15) is 14.4 Å². The molecule has 0 saturated heterocycles. The van der Waals surface area contributed by atoms with Gasteiger partial charge in [-0.3, -0.25) is 24.6 Å². The second kappa shape index (κ2) is 14.3. The number of nitrogens with two attached hydrogens (primary N) is 1. The lowest BCUT2D eigenvalue weighted by atomic mass is 9.90. The van der Waals surface area contributed by atoms with Gasteiger partial charge in [0.2, 0.25) is 0 Å². The summed E-state index contributed by atoms with van der Waals surface area (Å²) in [7, 11) is 0. The number of nitrogens with one attached hydrogen (secondary N) is 4. The third kappa shape index (κ3) is 7.64. The molecule has 9 nitrogen and oxygen atoms in total. The smallest absolute Gasteiger partial charge is 0.275 e. The fourth-order valence-corrected chi connectivity index (χ4v) is 4.90. The number of amidine groups is 1. The van der Waals surface area contributed by atoms with Gasteiger partial charge in [0, 0.05) is 28.9 Å². The van der Waals surface area contributed by atoms with E-state index in [0.29, 0.717) is 40.0 Å². The van der Waals surface area contributed by atoms with Crippen LogP contribution < -0.4 is 21.8 Å². The topological polar surface area (TPSA) is 146 Å². The highest BCUT2D eigenvalue weighted by atomic mass is 16.6. The van der Waals surface area contributed by atoms with Crippen LogP contribution in [0.3, 0.4) is 0 Å². The Kier molecular flexibility index (Phi) is 9.84. The summed E-state index contributed by atoms with van der Waals surface area (Å²) in [5.74, 6) is -1.11. The number of carbonyl (C=O) groups is 3. The van der Waals surface area contributed by atoms with Gasteiger partial charge in [0.05, 0.1) is 12.2 Å². The molecule has 0 aliphatic heterocycles. The van der Waals surface area contributed by atoms with Crippen LogP contribution in [0.25, 0.3) is 21.9 Å². The van der Waals surface area contributed by atoms with Crippen molar-refractivity contribution in [2.45, 2.75) is 20.5 Å². The van der Waals surface area contributed by atoms with E-state index in [2.05, 4.69) is 16.1 Å². The van der Waals surface area contributed by atoms with Crippen molar-refractivity contribution in [3.05, 3.63) is 137 Å². The van der Waals surface area contributed by atoms with Gasteiger partial charge < -0.3 is 16.4 Å². The molecule has 5 rings (SSSR count). The molecule has 0 bridgehead atoms. The lowest BCUT2D eigenvalue weighted by Gasteiger charge is -2.17. The van der Waals surface area contributed by atoms with E-state index in [1.165, 1.54) is 6.07 Å². The molecule has 0 heterocycles. The van der Waals surface area contributed by atoms with Crippen LogP contribution in [0, 0.1) is 11.3 Å². The molecule has 0 aliphatic rings. The Morgan fingerprint density at radius 1 is 0.717 bits per heavy atom. The molecule has 5 aromatic carbocycles. The van der Waals surface area contributed by atoms with Crippen molar-refractivity contribution >= 4 is 40.0 Å². The number of nitrogen functional groups attached to an aromatic ring is 1. The first kappa shape index (κ1) is 31.6. The molecule has 232 valence electrons. The minimum atomic E-state index is -0.566. The van der Waals surface area contributed by atoms with E-state index in [1.807, 2.05) is 74.5 Å². The van der Waals surface area contributed by atoms with Crippen molar-refractivity contribution in [1.29, 1.82) is 5.41 Å². The van der Waals surface area contributed by atoms with Gasteiger partial charge in [-0.2, -0.15) is 0 Å². The first-order valence-electron chi connectivity index (χ1n) is 14.9. The van der Waals surface area contributed by atoms with E-state index in [-0.39, 0.29) is 29.8 Å². The summed E-state index contributed by atoms with van der Waals surface area (Å²) in [5.41, 5.74) is 11.8. The second-order valence-electron chi connectivity index (χ2n) is 11.3. The number of carbonyl (C=O) groups excluding carboxylic acids is 3. The first-order chi connectivity index (χ1) is 22.2. The number of hydroxylamine groups is 1. The molecule has 0 fully saturated rings. The second-order valence-corrected chi connectivity index (χ2v) is 11.3. The molecule has 6 N–H and O–H groups in total. The highest BCUT2D eigenvalue weighted by Crippen LogP contribution is 2.33. The predicted octanol–water partition coefficient (Wildman–Crippen LogP) is 6.29. The van der Waals surface area contributed by atoms with Gasteiger partial charge in [0.25, 0.3) is 17.7 Å². The molecule has 0 spiro atoms. The van der Waals surface area contributed by atoms with Crippen LogP contribution in [-0.4, -0.2) is 30.1 Å². The maximum Gasteiger partial charge on any atom is 0.275 e. The van der Waals surface area contributed by atoms with Gasteiger partial charge in [0.1, 0.15) is 5.84 Å². The van der Waals surface area contributed by atoms with Gasteiger partial charge in [-0.05, 0) is 81.9 Å². The molecule has 0 atom stereocenters. The van der Waals surface area contributed by atoms with Gasteiger partial charge in [-0.25, -0.2) is 5.48 Å². The third-order valence-electron chi connectivity index (χ3n) is 7.32. The van der Waals surface area contributed by atoms with Gasteiger partial charge >= 0.3 is 0 Å². The molecular formula is C37H35N5O4. The molecule has 0 radical (unpaired) electrons. The van der Waals surface area contributed by atoms with Crippen LogP contribution in [0.2, 0.25) is 0 Å². The molecule has 5 aromatic rings. The fraction of sp³-hybridized carbons (Fsp3) is 0.135. The highest BCUT2D eigenvalue weighted by Gasteiger charge is 2.22. The molecule has 9 heteroatoms. The van der Waals surface area contributed by atoms with Crippen LogP contribution in [0.4, 0.5) is 5.69 Å². The predicted molar refractivity (Wildman–Crippen MR) is 181 cm³/mol. The van der Waals surface area contributed by atoms with Gasteiger partial charge in [0.15, 0.2) is 0 Å². The molecular weight excluding hydrogens is 578 g/mol. The van der Waals surface area contributed by atoms with E-state index in [1.54, 1.807) is 42.5 Å². The number of hydrogen-bond donors (Lipinski definition) is 5. The Bertz CT molecular complexity index is 1900. The largest absolute Gasteiger partial charge is 0.384 e. The van der Waals surface area contributed by atoms with Gasteiger partial charge in [-0.15, -0.1) is 0 Å². The van der Waals surface area contributed by atoms with Crippen molar-refractivity contribution in [1.82, 2.24) is 10.8 Å². The van der Waals surface area contributed by atoms with Crippen molar-refractivity contribution in [3.63, 3.8) is 0 Å². The minimum Gasteiger partial charge on any atom is -0.384 e. The molecule has 46 heavy (non-hydrogen) atoms. The van der Waals surface area contributed by atoms with Crippen molar-refractivity contribution < 1.29 is 19.2 Å². The highest BCUT2D eigenvalue weighted by molar-refractivity contribution is 6.14. The number of amides is 3. The Labute approximate surface area is 267 Å². The normalized spacial score (nSPS) is 10.8. The molecule has 0 unspecified atom stereocenters. The SMILES string of the molecule is CC(C)CNC(=O)c1ccc(-c2cc3ccccc3cc2C(=O)Nc2ccc(C(=N)N)cc2)c(C(=O)NOCc2ccccc2)c1. The maximum atomic E-state index is 13.8. The zero-order chi connectivity index (χ0) is 32.6.